The van der Waals surface area contributed by atoms with Crippen molar-refractivity contribution in [3.05, 3.63) is 103 Å². The summed E-state index contributed by atoms with van der Waals surface area (Å²) in [5.41, 5.74) is 6.88. The van der Waals surface area contributed by atoms with Gasteiger partial charge in [-0.25, -0.2) is 4.98 Å². The number of fused-ring (bicyclic) bond motifs is 1. The van der Waals surface area contributed by atoms with Crippen LogP contribution in [-0.2, 0) is 17.6 Å². The lowest BCUT2D eigenvalue weighted by molar-refractivity contribution is -0.136. The van der Waals surface area contributed by atoms with E-state index < -0.39 is 5.97 Å². The zero-order valence-corrected chi connectivity index (χ0v) is 22.7. The molecule has 3 aromatic carbocycles. The molecule has 1 aromatic heterocycles. The van der Waals surface area contributed by atoms with E-state index in [2.05, 4.69) is 28.8 Å². The summed E-state index contributed by atoms with van der Waals surface area (Å²) in [6.07, 6.45) is 3.26. The molecule has 1 amide bonds. The Morgan fingerprint density at radius 3 is 2.53 bits per heavy atom. The maximum atomic E-state index is 12.4. The second-order valence-corrected chi connectivity index (χ2v) is 10.8. The molecule has 5 rings (SSSR count). The Morgan fingerprint density at radius 1 is 0.974 bits per heavy atom. The van der Waals surface area contributed by atoms with E-state index in [-0.39, 0.29) is 24.9 Å². The van der Waals surface area contributed by atoms with E-state index in [9.17, 15) is 9.59 Å². The number of nitrogens with zero attached hydrogens (tertiary/aromatic N) is 1. The van der Waals surface area contributed by atoms with Crippen LogP contribution in [-0.4, -0.2) is 28.5 Å². The van der Waals surface area contributed by atoms with Gasteiger partial charge in [0.2, 0.25) is 0 Å². The van der Waals surface area contributed by atoms with Gasteiger partial charge in [-0.15, -0.1) is 11.3 Å². The highest BCUT2D eigenvalue weighted by Gasteiger charge is 2.21. The molecule has 1 heterocycles. The average Bonchev–Trinajstić information content (AvgIpc) is 3.58. The molecular weight excluding hydrogens is 541 g/mol. The van der Waals surface area contributed by atoms with E-state index in [1.165, 1.54) is 17.5 Å². The summed E-state index contributed by atoms with van der Waals surface area (Å²) in [5, 5.41) is 18.9. The molecule has 0 saturated carbocycles. The number of aryl methyl sites for hydroxylation is 2. The number of benzene rings is 3. The van der Waals surface area contributed by atoms with Crippen LogP contribution in [0.3, 0.4) is 0 Å². The Bertz CT molecular complexity index is 1490. The first kappa shape index (κ1) is 26.2. The number of carbonyl (C=O) groups is 2. The molecular formula is C29H25Cl2N3O3S. The van der Waals surface area contributed by atoms with Crippen LogP contribution >= 0.6 is 34.5 Å². The average molecular weight is 567 g/mol. The standard InChI is InChI=1S/C29H25Cl2N3O3S/c30-23-11-9-21(15-24(23)31)25-16-38-29(34-25)27(33-22-10-8-17-2-1-3-20(17)14-22)18-4-6-19(7-5-18)28(37)32-13-12-26(35)36/h4-11,14-16,27,33H,1-3,12-13H2,(H,32,37)(H,35,36). The number of aliphatic carboxylic acids is 1. The predicted octanol–water partition coefficient (Wildman–Crippen LogP) is 7.01. The Morgan fingerprint density at radius 2 is 1.76 bits per heavy atom. The lowest BCUT2D eigenvalue weighted by Crippen LogP contribution is -2.26. The number of halogens is 2. The molecule has 1 atom stereocenters. The molecule has 194 valence electrons. The van der Waals surface area contributed by atoms with Crippen LogP contribution in [0.25, 0.3) is 11.3 Å². The number of rotatable bonds is 9. The fraction of sp³-hybridized carbons (Fsp3) is 0.207. The highest BCUT2D eigenvalue weighted by atomic mass is 35.5. The summed E-state index contributed by atoms with van der Waals surface area (Å²) in [5.74, 6) is -1.26. The maximum Gasteiger partial charge on any atom is 0.305 e. The quantitative estimate of drug-likeness (QED) is 0.203. The molecule has 4 aromatic rings. The van der Waals surface area contributed by atoms with Gasteiger partial charge in [-0.2, -0.15) is 0 Å². The summed E-state index contributed by atoms with van der Waals surface area (Å²) in [7, 11) is 0. The number of hydrogen-bond donors (Lipinski definition) is 3. The SMILES string of the molecule is O=C(O)CCNC(=O)c1ccc(C(Nc2ccc3c(c2)CCC3)c2nc(-c3ccc(Cl)c(Cl)c3)cs2)cc1. The highest BCUT2D eigenvalue weighted by Crippen LogP contribution is 2.35. The van der Waals surface area contributed by atoms with Gasteiger partial charge in [0.25, 0.3) is 5.91 Å². The summed E-state index contributed by atoms with van der Waals surface area (Å²) in [6.45, 7) is 0.0784. The number of aromatic nitrogens is 1. The van der Waals surface area contributed by atoms with Crippen molar-refractivity contribution in [1.82, 2.24) is 10.3 Å². The topological polar surface area (TPSA) is 91.3 Å². The van der Waals surface area contributed by atoms with Crippen molar-refractivity contribution in [3.63, 3.8) is 0 Å². The molecule has 0 spiro atoms. The monoisotopic (exact) mass is 565 g/mol. The number of amides is 1. The molecule has 9 heteroatoms. The fourth-order valence-electron chi connectivity index (χ4n) is 4.54. The fourth-order valence-corrected chi connectivity index (χ4v) is 5.74. The first-order valence-corrected chi connectivity index (χ1v) is 13.9. The Labute approximate surface area is 234 Å². The number of thiazole rings is 1. The molecule has 3 N–H and O–H groups in total. The van der Waals surface area contributed by atoms with Gasteiger partial charge in [-0.1, -0.05) is 47.5 Å². The zero-order valence-electron chi connectivity index (χ0n) is 20.3. The van der Waals surface area contributed by atoms with Gasteiger partial charge in [0.15, 0.2) is 0 Å². The summed E-state index contributed by atoms with van der Waals surface area (Å²) < 4.78 is 0. The van der Waals surface area contributed by atoms with Crippen LogP contribution in [0.4, 0.5) is 5.69 Å². The van der Waals surface area contributed by atoms with Crippen LogP contribution in [0, 0.1) is 0 Å². The number of carboxylic acid groups (broad SMARTS) is 1. The van der Waals surface area contributed by atoms with Crippen LogP contribution in [0.15, 0.2) is 66.0 Å². The van der Waals surface area contributed by atoms with Gasteiger partial charge < -0.3 is 15.7 Å². The van der Waals surface area contributed by atoms with Gasteiger partial charge in [0.1, 0.15) is 11.0 Å². The van der Waals surface area contributed by atoms with Crippen molar-refractivity contribution < 1.29 is 14.7 Å². The van der Waals surface area contributed by atoms with Crippen molar-refractivity contribution in [2.45, 2.75) is 31.7 Å². The van der Waals surface area contributed by atoms with E-state index >= 15 is 0 Å². The number of carbonyl (C=O) groups excluding carboxylic acids is 1. The Balaban J connectivity index is 1.43. The van der Waals surface area contributed by atoms with E-state index in [0.717, 1.165) is 40.4 Å². The van der Waals surface area contributed by atoms with E-state index in [1.54, 1.807) is 29.5 Å². The van der Waals surface area contributed by atoms with E-state index in [1.807, 2.05) is 29.6 Å². The minimum absolute atomic E-state index is 0.0784. The van der Waals surface area contributed by atoms with E-state index in [4.69, 9.17) is 33.3 Å². The van der Waals surface area contributed by atoms with Crippen molar-refractivity contribution in [2.75, 3.05) is 11.9 Å². The Kier molecular flexibility index (Phi) is 7.98. The zero-order chi connectivity index (χ0) is 26.6. The summed E-state index contributed by atoms with van der Waals surface area (Å²) >= 11 is 13.9. The second-order valence-electron chi connectivity index (χ2n) is 9.14. The largest absolute Gasteiger partial charge is 0.481 e. The van der Waals surface area contributed by atoms with Crippen molar-refractivity contribution in [2.24, 2.45) is 0 Å². The molecule has 0 radical (unpaired) electrons. The molecule has 1 aliphatic carbocycles. The third-order valence-electron chi connectivity index (χ3n) is 6.52. The number of hydrogen-bond acceptors (Lipinski definition) is 5. The summed E-state index contributed by atoms with van der Waals surface area (Å²) in [6, 6.07) is 19.0. The molecule has 1 aliphatic rings. The van der Waals surface area contributed by atoms with Crippen molar-refractivity contribution >= 4 is 52.1 Å². The maximum absolute atomic E-state index is 12.4. The number of carboxylic acids is 1. The molecule has 0 bridgehead atoms. The molecule has 0 saturated heterocycles. The van der Waals surface area contributed by atoms with Crippen LogP contribution in [0.5, 0.6) is 0 Å². The van der Waals surface area contributed by atoms with Gasteiger partial charge in [0.05, 0.1) is 22.2 Å². The molecule has 1 unspecified atom stereocenters. The van der Waals surface area contributed by atoms with Crippen molar-refractivity contribution in [3.8, 4) is 11.3 Å². The van der Waals surface area contributed by atoms with Gasteiger partial charge in [0, 0.05) is 28.7 Å². The Hall–Kier alpha value is -3.39. The van der Waals surface area contributed by atoms with Crippen molar-refractivity contribution in [1.29, 1.82) is 0 Å². The minimum Gasteiger partial charge on any atom is -0.481 e. The predicted molar refractivity (Wildman–Crippen MR) is 153 cm³/mol. The van der Waals surface area contributed by atoms with Crippen LogP contribution in [0.1, 0.15) is 50.9 Å². The molecule has 0 aliphatic heterocycles. The number of nitrogens with one attached hydrogen (secondary N) is 2. The lowest BCUT2D eigenvalue weighted by Gasteiger charge is -2.19. The first-order valence-electron chi connectivity index (χ1n) is 12.3. The van der Waals surface area contributed by atoms with Crippen LogP contribution < -0.4 is 10.6 Å². The molecule has 38 heavy (non-hydrogen) atoms. The third-order valence-corrected chi connectivity index (χ3v) is 8.17. The molecule has 6 nitrogen and oxygen atoms in total. The number of anilines is 1. The van der Waals surface area contributed by atoms with Crippen LogP contribution in [0.2, 0.25) is 10.0 Å². The van der Waals surface area contributed by atoms with Gasteiger partial charge >= 0.3 is 5.97 Å². The van der Waals surface area contributed by atoms with Gasteiger partial charge in [-0.3, -0.25) is 9.59 Å². The smallest absolute Gasteiger partial charge is 0.305 e. The second kappa shape index (κ2) is 11.6. The lowest BCUT2D eigenvalue weighted by atomic mass is 10.0. The third kappa shape index (κ3) is 6.01. The van der Waals surface area contributed by atoms with E-state index in [0.29, 0.717) is 15.6 Å². The molecule has 0 fully saturated rings. The normalized spacial score (nSPS) is 13.1. The highest BCUT2D eigenvalue weighted by molar-refractivity contribution is 7.10. The summed E-state index contributed by atoms with van der Waals surface area (Å²) in [4.78, 5) is 28.1. The minimum atomic E-state index is -0.954. The first-order chi connectivity index (χ1) is 18.4. The van der Waals surface area contributed by atoms with Gasteiger partial charge in [-0.05, 0) is 72.4 Å².